The second kappa shape index (κ2) is 5.80. The van der Waals surface area contributed by atoms with Crippen molar-refractivity contribution >= 4 is 32.7 Å². The van der Waals surface area contributed by atoms with E-state index in [1.807, 2.05) is 6.92 Å². The van der Waals surface area contributed by atoms with Gasteiger partial charge in [-0.25, -0.2) is 4.18 Å². The van der Waals surface area contributed by atoms with E-state index in [9.17, 15) is 13.5 Å². The minimum atomic E-state index is -4.04. The predicted octanol–water partition coefficient (Wildman–Crippen LogP) is 2.94. The van der Waals surface area contributed by atoms with Crippen LogP contribution in [0.2, 0.25) is 0 Å². The van der Waals surface area contributed by atoms with Crippen LogP contribution in [-0.2, 0) is 18.1 Å². The van der Waals surface area contributed by atoms with Gasteiger partial charge in [-0.3, -0.25) is 0 Å². The largest absolute Gasteiger partial charge is 0.353 e. The summed E-state index contributed by atoms with van der Waals surface area (Å²) >= 11 is 1.55. The van der Waals surface area contributed by atoms with E-state index in [4.69, 9.17) is 4.18 Å². The topological polar surface area (TPSA) is 63.6 Å². The second-order valence-electron chi connectivity index (χ2n) is 4.28. The average Bonchev–Trinajstić information content (AvgIpc) is 2.39. The first-order valence-electron chi connectivity index (χ1n) is 5.80. The smallest absolute Gasteiger partial charge is 0.300 e. The Kier molecular flexibility index (Phi) is 4.48. The van der Waals surface area contributed by atoms with Crippen LogP contribution in [-0.4, -0.2) is 13.5 Å². The van der Waals surface area contributed by atoms with Crippen LogP contribution < -0.4 is 0 Å². The maximum atomic E-state index is 12.1. The van der Waals surface area contributed by atoms with Crippen LogP contribution in [0.3, 0.4) is 0 Å². The summed E-state index contributed by atoms with van der Waals surface area (Å²) in [5, 5.41) is 10.2. The lowest BCUT2D eigenvalue weighted by atomic mass is 10.2. The van der Waals surface area contributed by atoms with Crippen molar-refractivity contribution in [3.05, 3.63) is 65.7 Å². The van der Waals surface area contributed by atoms with Crippen molar-refractivity contribution in [2.24, 2.45) is 0 Å². The molecule has 106 valence electrons. The fourth-order valence-electron chi connectivity index (χ4n) is 1.59. The van der Waals surface area contributed by atoms with Gasteiger partial charge in [0, 0.05) is 5.56 Å². The summed E-state index contributed by atoms with van der Waals surface area (Å²) in [5.41, 5.74) is 1.30. The molecule has 0 saturated carbocycles. The molecular weight excluding hydrogens is 391 g/mol. The van der Waals surface area contributed by atoms with Gasteiger partial charge < -0.3 is 5.11 Å². The fraction of sp³-hybridized carbons (Fsp3) is 0.143. The normalized spacial score (nSPS) is 14.8. The lowest BCUT2D eigenvalue weighted by molar-refractivity contribution is -0.0343. The molecule has 0 heterocycles. The minimum absolute atomic E-state index is 0.00845. The van der Waals surface area contributed by atoms with Gasteiger partial charge in [-0.1, -0.05) is 48.0 Å². The van der Waals surface area contributed by atoms with Crippen molar-refractivity contribution in [2.45, 2.75) is 15.6 Å². The summed E-state index contributed by atoms with van der Waals surface area (Å²) in [4.78, 5) is 0.00845. The summed E-state index contributed by atoms with van der Waals surface area (Å²) in [6, 6.07) is 14.6. The lowest BCUT2D eigenvalue weighted by Crippen LogP contribution is -2.25. The number of benzene rings is 2. The zero-order valence-corrected chi connectivity index (χ0v) is 13.6. The van der Waals surface area contributed by atoms with Crippen molar-refractivity contribution in [2.75, 3.05) is 0 Å². The van der Waals surface area contributed by atoms with Crippen LogP contribution in [0, 0.1) is 6.92 Å². The van der Waals surface area contributed by atoms with Crippen LogP contribution in [0.5, 0.6) is 0 Å². The van der Waals surface area contributed by atoms with Crippen LogP contribution >= 0.6 is 22.6 Å². The molecule has 1 atom stereocenters. The molecule has 0 bridgehead atoms. The summed E-state index contributed by atoms with van der Waals surface area (Å²) in [6.07, 6.45) is 0. The van der Waals surface area contributed by atoms with Crippen LogP contribution in [0.25, 0.3) is 0 Å². The van der Waals surface area contributed by atoms with Crippen LogP contribution in [0.1, 0.15) is 11.1 Å². The molecule has 0 aliphatic rings. The van der Waals surface area contributed by atoms with Crippen LogP contribution in [0.15, 0.2) is 59.5 Å². The number of rotatable bonds is 4. The van der Waals surface area contributed by atoms with Crippen LogP contribution in [0.4, 0.5) is 0 Å². The highest BCUT2D eigenvalue weighted by atomic mass is 127. The van der Waals surface area contributed by atoms with Gasteiger partial charge in [-0.15, -0.1) is 0 Å². The molecular formula is C14H13IO4S. The molecule has 0 fully saturated rings. The molecule has 2 rings (SSSR count). The standard InChI is InChI=1S/C14H13IO4S/c1-11-7-9-13(10-8-11)20(17,18)19-14(15,16)12-5-3-2-4-6-12/h2-10,16H,1H3. The summed E-state index contributed by atoms with van der Waals surface area (Å²) in [7, 11) is -4.04. The third-order valence-corrected chi connectivity index (χ3v) is 5.11. The Morgan fingerprint density at radius 3 is 2.15 bits per heavy atom. The summed E-state index contributed by atoms with van der Waals surface area (Å²) in [6.45, 7) is 1.86. The van der Waals surface area contributed by atoms with Gasteiger partial charge in [0.1, 0.15) is 0 Å². The first kappa shape index (κ1) is 15.4. The SMILES string of the molecule is Cc1ccc(S(=O)(=O)OC(O)(I)c2ccccc2)cc1. The molecule has 0 aliphatic heterocycles. The molecule has 0 aromatic heterocycles. The maximum absolute atomic E-state index is 12.1. The third kappa shape index (κ3) is 3.57. The number of hydrogen-bond acceptors (Lipinski definition) is 4. The number of aryl methyl sites for hydroxylation is 1. The predicted molar refractivity (Wildman–Crippen MR) is 83.8 cm³/mol. The minimum Gasteiger partial charge on any atom is -0.353 e. The van der Waals surface area contributed by atoms with E-state index in [0.29, 0.717) is 5.56 Å². The number of aliphatic hydroxyl groups is 1. The summed E-state index contributed by atoms with van der Waals surface area (Å²) < 4.78 is 27.3. The Balaban J connectivity index is 2.30. The van der Waals surface area contributed by atoms with Gasteiger partial charge in [-0.05, 0) is 41.6 Å². The highest BCUT2D eigenvalue weighted by Gasteiger charge is 2.33. The van der Waals surface area contributed by atoms with Crippen molar-refractivity contribution in [1.82, 2.24) is 0 Å². The van der Waals surface area contributed by atoms with Crippen molar-refractivity contribution in [1.29, 1.82) is 0 Å². The van der Waals surface area contributed by atoms with Gasteiger partial charge >= 0.3 is 10.1 Å². The van der Waals surface area contributed by atoms with Gasteiger partial charge in [0.15, 0.2) is 0 Å². The molecule has 0 aliphatic carbocycles. The monoisotopic (exact) mass is 404 g/mol. The van der Waals surface area contributed by atoms with Gasteiger partial charge in [0.05, 0.1) is 4.90 Å². The van der Waals surface area contributed by atoms with Crippen molar-refractivity contribution in [3.63, 3.8) is 0 Å². The molecule has 0 amide bonds. The van der Waals surface area contributed by atoms with E-state index in [1.165, 1.54) is 12.1 Å². The highest BCUT2D eigenvalue weighted by Crippen LogP contribution is 2.33. The first-order chi connectivity index (χ1) is 9.31. The lowest BCUT2D eigenvalue weighted by Gasteiger charge is -2.21. The average molecular weight is 404 g/mol. The van der Waals surface area contributed by atoms with E-state index in [-0.39, 0.29) is 4.90 Å². The Morgan fingerprint density at radius 2 is 1.60 bits per heavy atom. The Bertz CT molecular complexity index is 679. The van der Waals surface area contributed by atoms with E-state index < -0.39 is 13.9 Å². The van der Waals surface area contributed by atoms with Gasteiger partial charge in [0.2, 0.25) is 0 Å². The molecule has 2 aromatic carbocycles. The van der Waals surface area contributed by atoms with E-state index in [0.717, 1.165) is 5.56 Å². The third-order valence-electron chi connectivity index (χ3n) is 2.66. The van der Waals surface area contributed by atoms with Crippen molar-refractivity contribution < 1.29 is 17.7 Å². The Morgan fingerprint density at radius 1 is 1.05 bits per heavy atom. The van der Waals surface area contributed by atoms with Crippen molar-refractivity contribution in [3.8, 4) is 0 Å². The second-order valence-corrected chi connectivity index (χ2v) is 7.29. The zero-order chi connectivity index (χ0) is 14.8. The molecule has 1 N–H and O–H groups in total. The molecule has 0 saturated heterocycles. The fourth-order valence-corrected chi connectivity index (χ4v) is 3.61. The van der Waals surface area contributed by atoms with E-state index >= 15 is 0 Å². The van der Waals surface area contributed by atoms with Gasteiger partial charge in [0.25, 0.3) is 3.79 Å². The quantitative estimate of drug-likeness (QED) is 0.369. The Labute approximate surface area is 131 Å². The number of halogens is 1. The maximum Gasteiger partial charge on any atom is 0.300 e. The van der Waals surface area contributed by atoms with E-state index in [2.05, 4.69) is 0 Å². The highest BCUT2D eigenvalue weighted by molar-refractivity contribution is 14.1. The molecule has 2 aromatic rings. The summed E-state index contributed by atoms with van der Waals surface area (Å²) in [5.74, 6) is 0. The first-order valence-corrected chi connectivity index (χ1v) is 8.29. The van der Waals surface area contributed by atoms with E-state index in [1.54, 1.807) is 65.1 Å². The molecule has 6 heteroatoms. The molecule has 1 unspecified atom stereocenters. The molecule has 0 spiro atoms. The molecule has 0 radical (unpaired) electrons. The number of hydrogen-bond donors (Lipinski definition) is 1. The molecule has 20 heavy (non-hydrogen) atoms. The van der Waals surface area contributed by atoms with Gasteiger partial charge in [-0.2, -0.15) is 8.42 Å². The number of alkyl halides is 1. The zero-order valence-electron chi connectivity index (χ0n) is 10.7. The molecule has 4 nitrogen and oxygen atoms in total. The Hall–Kier alpha value is -0.960.